The number of nitrogens with two attached hydrogens (primary N) is 1. The van der Waals surface area contributed by atoms with Gasteiger partial charge >= 0.3 is 0 Å². The van der Waals surface area contributed by atoms with Crippen LogP contribution in [0.1, 0.15) is 42.0 Å². The highest BCUT2D eigenvalue weighted by Gasteiger charge is 2.36. The zero-order valence-corrected chi connectivity index (χ0v) is 12.9. The Morgan fingerprint density at radius 3 is 2.81 bits per heavy atom. The first-order valence-corrected chi connectivity index (χ1v) is 7.73. The van der Waals surface area contributed by atoms with Crippen molar-refractivity contribution >= 4 is 0 Å². The number of ether oxygens (including phenoxy) is 1. The highest BCUT2D eigenvalue weighted by atomic mass is 16.5. The molecule has 0 radical (unpaired) electrons. The van der Waals surface area contributed by atoms with E-state index in [1.165, 1.54) is 22.3 Å². The van der Waals surface area contributed by atoms with Crippen LogP contribution in [0.2, 0.25) is 0 Å². The van der Waals surface area contributed by atoms with Gasteiger partial charge in [-0.3, -0.25) is 0 Å². The molecule has 0 saturated heterocycles. The molecule has 2 aromatic rings. The summed E-state index contributed by atoms with van der Waals surface area (Å²) in [4.78, 5) is 0. The third-order valence-electron chi connectivity index (χ3n) is 4.57. The lowest BCUT2D eigenvalue weighted by Crippen LogP contribution is -2.35. The maximum atomic E-state index is 6.83. The molecule has 2 nitrogen and oxygen atoms in total. The third-order valence-corrected chi connectivity index (χ3v) is 4.57. The van der Waals surface area contributed by atoms with E-state index in [1.807, 2.05) is 6.07 Å². The molecule has 1 aliphatic rings. The monoisotopic (exact) mass is 281 g/mol. The van der Waals surface area contributed by atoms with Crippen molar-refractivity contribution in [1.82, 2.24) is 0 Å². The molecule has 2 aromatic carbocycles. The van der Waals surface area contributed by atoms with Gasteiger partial charge < -0.3 is 10.5 Å². The van der Waals surface area contributed by atoms with E-state index in [-0.39, 0.29) is 5.54 Å². The van der Waals surface area contributed by atoms with E-state index in [4.69, 9.17) is 10.5 Å². The summed E-state index contributed by atoms with van der Waals surface area (Å²) >= 11 is 0. The predicted molar refractivity (Wildman–Crippen MR) is 86.7 cm³/mol. The molecule has 110 valence electrons. The highest BCUT2D eigenvalue weighted by Crippen LogP contribution is 2.41. The van der Waals surface area contributed by atoms with Gasteiger partial charge in [-0.2, -0.15) is 0 Å². The van der Waals surface area contributed by atoms with Crippen LogP contribution in [0.3, 0.4) is 0 Å². The van der Waals surface area contributed by atoms with Gasteiger partial charge in [0.1, 0.15) is 5.75 Å². The molecule has 1 atom stereocenters. The van der Waals surface area contributed by atoms with Crippen LogP contribution in [0.25, 0.3) is 0 Å². The average Bonchev–Trinajstić information content (AvgIpc) is 2.86. The van der Waals surface area contributed by atoms with E-state index in [1.54, 1.807) is 7.11 Å². The van der Waals surface area contributed by atoms with Crippen LogP contribution in [0.5, 0.6) is 5.75 Å². The fraction of sp³-hybridized carbons (Fsp3) is 0.368. The summed E-state index contributed by atoms with van der Waals surface area (Å²) in [5.74, 6) is 0.884. The van der Waals surface area contributed by atoms with Crippen LogP contribution in [0.4, 0.5) is 0 Å². The van der Waals surface area contributed by atoms with Gasteiger partial charge in [-0.1, -0.05) is 43.7 Å². The van der Waals surface area contributed by atoms with Crippen molar-refractivity contribution in [2.75, 3.05) is 7.11 Å². The SMILES string of the molecule is CCCc1cccc(C2(N)CCc3ccc(OC)cc32)c1. The summed E-state index contributed by atoms with van der Waals surface area (Å²) in [5, 5.41) is 0. The molecule has 0 aromatic heterocycles. The molecule has 21 heavy (non-hydrogen) atoms. The van der Waals surface area contributed by atoms with Crippen molar-refractivity contribution in [3.05, 3.63) is 64.7 Å². The van der Waals surface area contributed by atoms with E-state index >= 15 is 0 Å². The van der Waals surface area contributed by atoms with Gasteiger partial charge in [0.15, 0.2) is 0 Å². The second-order valence-electron chi connectivity index (χ2n) is 5.94. The Kier molecular flexibility index (Phi) is 3.73. The lowest BCUT2D eigenvalue weighted by Gasteiger charge is -2.27. The Balaban J connectivity index is 2.05. The van der Waals surface area contributed by atoms with Crippen LogP contribution in [0, 0.1) is 0 Å². The number of hydrogen-bond donors (Lipinski definition) is 1. The van der Waals surface area contributed by atoms with E-state index in [2.05, 4.69) is 43.3 Å². The first-order chi connectivity index (χ1) is 10.2. The Morgan fingerprint density at radius 1 is 1.19 bits per heavy atom. The number of benzene rings is 2. The van der Waals surface area contributed by atoms with Crippen molar-refractivity contribution in [2.24, 2.45) is 5.73 Å². The summed E-state index contributed by atoms with van der Waals surface area (Å²) in [6, 6.07) is 15.0. The Labute approximate surface area is 126 Å². The number of fused-ring (bicyclic) bond motifs is 1. The molecule has 1 aliphatic carbocycles. The molecule has 0 spiro atoms. The van der Waals surface area contributed by atoms with Gasteiger partial charge in [-0.05, 0) is 53.6 Å². The summed E-state index contributed by atoms with van der Waals surface area (Å²) in [7, 11) is 1.71. The lowest BCUT2D eigenvalue weighted by molar-refractivity contribution is 0.413. The molecule has 2 heteroatoms. The van der Waals surface area contributed by atoms with E-state index in [9.17, 15) is 0 Å². The van der Waals surface area contributed by atoms with Crippen molar-refractivity contribution < 1.29 is 4.74 Å². The lowest BCUT2D eigenvalue weighted by atomic mass is 9.84. The molecular weight excluding hydrogens is 258 g/mol. The average molecular weight is 281 g/mol. The number of methoxy groups -OCH3 is 1. The van der Waals surface area contributed by atoms with Gasteiger partial charge in [0.05, 0.1) is 12.6 Å². The molecule has 0 amide bonds. The smallest absolute Gasteiger partial charge is 0.119 e. The second-order valence-corrected chi connectivity index (χ2v) is 5.94. The summed E-state index contributed by atoms with van der Waals surface area (Å²) in [6.07, 6.45) is 4.26. The zero-order valence-electron chi connectivity index (χ0n) is 12.9. The van der Waals surface area contributed by atoms with Crippen molar-refractivity contribution in [3.63, 3.8) is 0 Å². The van der Waals surface area contributed by atoms with Gasteiger partial charge in [0.2, 0.25) is 0 Å². The van der Waals surface area contributed by atoms with Crippen molar-refractivity contribution in [1.29, 1.82) is 0 Å². The molecule has 0 bridgehead atoms. The minimum Gasteiger partial charge on any atom is -0.497 e. The second kappa shape index (κ2) is 5.53. The van der Waals surface area contributed by atoms with E-state index in [0.717, 1.165) is 31.4 Å². The summed E-state index contributed by atoms with van der Waals surface area (Å²) in [6.45, 7) is 2.21. The standard InChI is InChI=1S/C19H23NO/c1-3-5-14-6-4-7-16(12-14)19(20)11-10-15-8-9-17(21-2)13-18(15)19/h4,6-9,12-13H,3,5,10-11,20H2,1-2H3. The van der Waals surface area contributed by atoms with Crippen molar-refractivity contribution in [2.45, 2.75) is 38.1 Å². The zero-order chi connectivity index (χ0) is 14.9. The van der Waals surface area contributed by atoms with Gasteiger partial charge in [-0.25, -0.2) is 0 Å². The minimum absolute atomic E-state index is 0.381. The maximum Gasteiger partial charge on any atom is 0.119 e. The molecule has 0 fully saturated rings. The van der Waals surface area contributed by atoms with E-state index < -0.39 is 0 Å². The van der Waals surface area contributed by atoms with Crippen LogP contribution < -0.4 is 10.5 Å². The van der Waals surface area contributed by atoms with Gasteiger partial charge in [0, 0.05) is 0 Å². The van der Waals surface area contributed by atoms with Crippen LogP contribution in [-0.4, -0.2) is 7.11 Å². The fourth-order valence-electron chi connectivity index (χ4n) is 3.38. The minimum atomic E-state index is -0.381. The molecule has 0 saturated carbocycles. The van der Waals surface area contributed by atoms with Gasteiger partial charge in [-0.15, -0.1) is 0 Å². The Morgan fingerprint density at radius 2 is 2.05 bits per heavy atom. The third kappa shape index (κ3) is 2.44. The normalized spacial score (nSPS) is 20.3. The van der Waals surface area contributed by atoms with Crippen molar-refractivity contribution in [3.8, 4) is 5.75 Å². The summed E-state index contributed by atoms with van der Waals surface area (Å²) < 4.78 is 5.38. The maximum absolute atomic E-state index is 6.83. The molecule has 3 rings (SSSR count). The number of rotatable bonds is 4. The van der Waals surface area contributed by atoms with Crippen LogP contribution in [0.15, 0.2) is 42.5 Å². The van der Waals surface area contributed by atoms with E-state index in [0.29, 0.717) is 0 Å². The number of hydrogen-bond acceptors (Lipinski definition) is 2. The number of aryl methyl sites for hydroxylation is 2. The predicted octanol–water partition coefficient (Wildman–Crippen LogP) is 3.80. The molecule has 0 heterocycles. The first kappa shape index (κ1) is 14.2. The fourth-order valence-corrected chi connectivity index (χ4v) is 3.38. The molecule has 1 unspecified atom stereocenters. The first-order valence-electron chi connectivity index (χ1n) is 7.73. The quantitative estimate of drug-likeness (QED) is 0.925. The molecular formula is C19H23NO. The van der Waals surface area contributed by atoms with Gasteiger partial charge in [0.25, 0.3) is 0 Å². The highest BCUT2D eigenvalue weighted by molar-refractivity contribution is 5.50. The Hall–Kier alpha value is -1.80. The van der Waals surface area contributed by atoms with Crippen LogP contribution >= 0.6 is 0 Å². The Bertz CT molecular complexity index is 650. The van der Waals surface area contributed by atoms with Crippen LogP contribution in [-0.2, 0) is 18.4 Å². The molecule has 2 N–H and O–H groups in total. The topological polar surface area (TPSA) is 35.2 Å². The molecule has 0 aliphatic heterocycles. The largest absolute Gasteiger partial charge is 0.497 e. The summed E-state index contributed by atoms with van der Waals surface area (Å²) in [5.41, 5.74) is 11.6.